The van der Waals surface area contributed by atoms with Crippen LogP contribution in [0.25, 0.3) is 0 Å². The van der Waals surface area contributed by atoms with Crippen LogP contribution in [0.4, 0.5) is 0 Å². The Morgan fingerprint density at radius 1 is 1.23 bits per heavy atom. The summed E-state index contributed by atoms with van der Waals surface area (Å²) in [5.74, 6) is 0. The first-order valence-corrected chi connectivity index (χ1v) is 9.05. The predicted molar refractivity (Wildman–Crippen MR) is 81.4 cm³/mol. The van der Waals surface area contributed by atoms with Crippen LogP contribution in [-0.4, -0.2) is 67.4 Å². The highest BCUT2D eigenvalue weighted by Gasteiger charge is 2.24. The van der Waals surface area contributed by atoms with Crippen LogP contribution in [-0.2, 0) is 23.2 Å². The lowest BCUT2D eigenvalue weighted by Gasteiger charge is -2.22. The Labute approximate surface area is 131 Å². The van der Waals surface area contributed by atoms with Crippen molar-refractivity contribution in [3.05, 3.63) is 0 Å². The molecular formula is C13H28NO7P. The number of aliphatic hydroxyl groups is 2. The number of hydroxylamine groups is 2. The van der Waals surface area contributed by atoms with Gasteiger partial charge < -0.3 is 19.3 Å². The number of aliphatic hydroxyl groups excluding tert-OH is 2. The summed E-state index contributed by atoms with van der Waals surface area (Å²) in [6.45, 7) is 2.37. The van der Waals surface area contributed by atoms with Crippen molar-refractivity contribution >= 4 is 14.0 Å². The highest BCUT2D eigenvalue weighted by atomic mass is 31.2. The molecule has 0 radical (unpaired) electrons. The molecule has 0 aliphatic carbocycles. The third-order valence-electron chi connectivity index (χ3n) is 3.10. The van der Waals surface area contributed by atoms with Gasteiger partial charge in [-0.3, -0.25) is 14.2 Å². The van der Waals surface area contributed by atoms with Crippen LogP contribution < -0.4 is 0 Å². The Bertz CT molecular complexity index is 334. The molecule has 22 heavy (non-hydrogen) atoms. The monoisotopic (exact) mass is 341 g/mol. The molecule has 0 rings (SSSR count). The molecule has 0 aliphatic rings. The second-order valence-corrected chi connectivity index (χ2v) is 7.32. The van der Waals surface area contributed by atoms with Crippen molar-refractivity contribution in [2.45, 2.75) is 44.8 Å². The molecule has 0 aromatic heterocycles. The predicted octanol–water partition coefficient (Wildman–Crippen LogP) is 1.16. The van der Waals surface area contributed by atoms with E-state index in [-0.39, 0.29) is 25.5 Å². The number of amides is 1. The normalized spacial score (nSPS) is 14.6. The van der Waals surface area contributed by atoms with Crippen molar-refractivity contribution in [3.63, 3.8) is 0 Å². The summed E-state index contributed by atoms with van der Waals surface area (Å²) >= 11 is 0. The van der Waals surface area contributed by atoms with Gasteiger partial charge in [0.05, 0.1) is 31.5 Å². The van der Waals surface area contributed by atoms with E-state index >= 15 is 0 Å². The van der Waals surface area contributed by atoms with Gasteiger partial charge in [0.1, 0.15) is 0 Å². The zero-order chi connectivity index (χ0) is 17.0. The Morgan fingerprint density at radius 2 is 1.86 bits per heavy atom. The second-order valence-electron chi connectivity index (χ2n) is 4.92. The van der Waals surface area contributed by atoms with E-state index in [4.69, 9.17) is 13.9 Å². The molecule has 9 heteroatoms. The van der Waals surface area contributed by atoms with Gasteiger partial charge in [0.25, 0.3) is 0 Å². The van der Waals surface area contributed by atoms with E-state index in [2.05, 4.69) is 0 Å². The Balaban J connectivity index is 4.09. The van der Waals surface area contributed by atoms with E-state index in [1.165, 1.54) is 14.2 Å². The number of carbonyl (C=O) groups is 1. The van der Waals surface area contributed by atoms with Gasteiger partial charge in [-0.15, -0.1) is 0 Å². The molecule has 1 amide bonds. The number of hydrogen-bond donors (Lipinski definition) is 2. The molecule has 2 N–H and O–H groups in total. The van der Waals surface area contributed by atoms with Crippen molar-refractivity contribution in [1.29, 1.82) is 0 Å². The first-order chi connectivity index (χ1) is 10.4. The van der Waals surface area contributed by atoms with Crippen molar-refractivity contribution in [3.8, 4) is 0 Å². The number of carbonyl (C=O) groups excluding carboxylic acids is 1. The molecule has 0 aliphatic heterocycles. The largest absolute Gasteiger partial charge is 0.393 e. The zero-order valence-electron chi connectivity index (χ0n) is 13.5. The molecule has 0 aromatic rings. The second kappa shape index (κ2) is 12.0. The van der Waals surface area contributed by atoms with Crippen LogP contribution in [0.3, 0.4) is 0 Å². The number of unbranched alkanes of at least 4 members (excludes halogenated alkanes) is 1. The maximum Gasteiger partial charge on any atom is 0.330 e. The van der Waals surface area contributed by atoms with Crippen LogP contribution in [0.2, 0.25) is 0 Å². The van der Waals surface area contributed by atoms with Crippen molar-refractivity contribution in [2.24, 2.45) is 0 Å². The van der Waals surface area contributed by atoms with Gasteiger partial charge in [-0.2, -0.15) is 0 Å². The fourth-order valence-electron chi connectivity index (χ4n) is 1.73. The first-order valence-electron chi connectivity index (χ1n) is 7.32. The maximum atomic E-state index is 11.8. The lowest BCUT2D eigenvalue weighted by atomic mass is 10.1. The Hall–Kier alpha value is -0.500. The van der Waals surface area contributed by atoms with E-state index in [1.807, 2.05) is 6.92 Å². The highest BCUT2D eigenvalue weighted by molar-refractivity contribution is 7.53. The summed E-state index contributed by atoms with van der Waals surface area (Å²) < 4.78 is 21.3. The fraction of sp³-hybridized carbons (Fsp3) is 0.923. The fourth-order valence-corrected chi connectivity index (χ4v) is 2.86. The highest BCUT2D eigenvalue weighted by Crippen LogP contribution is 2.47. The molecule has 0 unspecified atom stereocenters. The number of nitrogens with zero attached hydrogens (tertiary/aromatic N) is 1. The smallest absolute Gasteiger partial charge is 0.330 e. The average Bonchev–Trinajstić information content (AvgIpc) is 2.51. The minimum absolute atomic E-state index is 0.0313. The van der Waals surface area contributed by atoms with Gasteiger partial charge in [0.2, 0.25) is 6.41 Å². The van der Waals surface area contributed by atoms with Gasteiger partial charge in [-0.05, 0) is 12.8 Å². The third-order valence-corrected chi connectivity index (χ3v) is 5.02. The quantitative estimate of drug-likeness (QED) is 0.211. The molecule has 0 saturated heterocycles. The van der Waals surface area contributed by atoms with E-state index in [9.17, 15) is 19.6 Å². The van der Waals surface area contributed by atoms with Gasteiger partial charge in [0, 0.05) is 20.6 Å². The van der Waals surface area contributed by atoms with Gasteiger partial charge in [-0.1, -0.05) is 13.3 Å². The van der Waals surface area contributed by atoms with E-state index < -0.39 is 19.8 Å². The van der Waals surface area contributed by atoms with E-state index in [1.54, 1.807) is 0 Å². The molecule has 0 saturated carbocycles. The summed E-state index contributed by atoms with van der Waals surface area (Å²) in [4.78, 5) is 16.0. The SMILES string of the molecule is CCCCON(C=O)C[C@H](O)C[C@H](O)CCP(=O)(OC)OC. The minimum Gasteiger partial charge on any atom is -0.393 e. The topological polar surface area (TPSA) is 106 Å². The molecule has 0 heterocycles. The van der Waals surface area contributed by atoms with Gasteiger partial charge in [0.15, 0.2) is 0 Å². The molecular weight excluding hydrogens is 313 g/mol. The van der Waals surface area contributed by atoms with Crippen LogP contribution in [0, 0.1) is 0 Å². The van der Waals surface area contributed by atoms with Gasteiger partial charge >= 0.3 is 7.60 Å². The van der Waals surface area contributed by atoms with E-state index in [0.717, 1.165) is 17.9 Å². The standard InChI is InChI=1S/C13H28NO7P/c1-4-5-7-21-14(11-15)10-13(17)9-12(16)6-8-22(18,19-2)20-3/h11-13,16-17H,4-10H2,1-3H3/t12-,13-/m1/s1. The van der Waals surface area contributed by atoms with Crippen molar-refractivity contribution in [1.82, 2.24) is 5.06 Å². The summed E-state index contributed by atoms with van der Waals surface area (Å²) in [6.07, 6.45) is 0.680. The number of rotatable bonds is 14. The summed E-state index contributed by atoms with van der Waals surface area (Å²) in [7, 11) is -0.605. The molecule has 8 nitrogen and oxygen atoms in total. The van der Waals surface area contributed by atoms with Crippen molar-refractivity contribution < 1.29 is 33.5 Å². The summed E-state index contributed by atoms with van der Waals surface area (Å²) in [5.41, 5.74) is 0. The van der Waals surface area contributed by atoms with Crippen LogP contribution in [0.1, 0.15) is 32.6 Å². The molecule has 0 spiro atoms. The molecule has 132 valence electrons. The zero-order valence-corrected chi connectivity index (χ0v) is 14.4. The molecule has 2 atom stereocenters. The minimum atomic E-state index is -3.16. The lowest BCUT2D eigenvalue weighted by Crippen LogP contribution is -2.34. The van der Waals surface area contributed by atoms with Crippen molar-refractivity contribution in [2.75, 3.05) is 33.5 Å². The maximum absolute atomic E-state index is 11.8. The Morgan fingerprint density at radius 3 is 2.36 bits per heavy atom. The molecule has 0 fully saturated rings. The van der Waals surface area contributed by atoms with Gasteiger partial charge in [-0.25, -0.2) is 5.06 Å². The van der Waals surface area contributed by atoms with Crippen LogP contribution >= 0.6 is 7.60 Å². The summed E-state index contributed by atoms with van der Waals surface area (Å²) in [6, 6.07) is 0. The molecule has 0 bridgehead atoms. The Kier molecular flexibility index (Phi) is 11.7. The van der Waals surface area contributed by atoms with E-state index in [0.29, 0.717) is 13.0 Å². The first kappa shape index (κ1) is 21.5. The van der Waals surface area contributed by atoms with Crippen LogP contribution in [0.5, 0.6) is 0 Å². The lowest BCUT2D eigenvalue weighted by molar-refractivity contribution is -0.180. The average molecular weight is 341 g/mol. The summed E-state index contributed by atoms with van der Waals surface area (Å²) in [5, 5.41) is 20.7. The number of hydrogen-bond acceptors (Lipinski definition) is 7. The third kappa shape index (κ3) is 9.50. The molecule has 0 aromatic carbocycles. The van der Waals surface area contributed by atoms with Crippen LogP contribution in [0.15, 0.2) is 0 Å².